The average Bonchev–Trinajstić information content (AvgIpc) is 1.62. The van der Waals surface area contributed by atoms with E-state index in [1.165, 1.54) is 45.3 Å². The molecule has 32 nitrogen and oxygen atoms in total. The Balaban J connectivity index is 0.000000134. The molecule has 8 amide bonds. The second kappa shape index (κ2) is 41.2. The largest absolute Gasteiger partial charge is 0.394 e. The third kappa shape index (κ3) is 21.0. The molecule has 8 aliphatic heterocycles. The zero-order valence-electron chi connectivity index (χ0n) is 77.3. The summed E-state index contributed by atoms with van der Waals surface area (Å²) < 4.78 is 0. The quantitative estimate of drug-likeness (QED) is 0.0227. The highest BCUT2D eigenvalue weighted by molar-refractivity contribution is 7.18. The molecule has 8 aromatic heterocycles. The number of carbonyl (C=O) groups is 8. The number of fused-ring (bicyclic) bond motifs is 8. The van der Waals surface area contributed by atoms with Gasteiger partial charge < -0.3 is 82.6 Å². The van der Waals surface area contributed by atoms with Gasteiger partial charge in [0.15, 0.2) is 20.0 Å². The first-order valence-electron chi connectivity index (χ1n) is 46.8. The highest BCUT2D eigenvalue weighted by Crippen LogP contribution is 2.47. The molecule has 2 saturated carbocycles. The summed E-state index contributed by atoms with van der Waals surface area (Å²) in [6.45, 7) is 27.6. The summed E-state index contributed by atoms with van der Waals surface area (Å²) in [5.74, 6) is 1.31. The van der Waals surface area contributed by atoms with E-state index in [4.69, 9.17) is 0 Å². The number of aromatic nitrogens is 8. The number of hydrogen-bond acceptors (Lipinski definition) is 28. The van der Waals surface area contributed by atoms with Crippen molar-refractivity contribution in [2.45, 2.75) is 341 Å². The Kier molecular flexibility index (Phi) is 30.0. The number of carbonyl (C=O) groups excluding carboxylic acids is 8. The second-order valence-electron chi connectivity index (χ2n) is 37.9. The second-order valence-corrected chi connectivity index (χ2v) is 41.9. The number of pyridine rings is 4. The maximum absolute atomic E-state index is 13.7. The molecular weight excluding hydrogens is 1740 g/mol. The van der Waals surface area contributed by atoms with E-state index >= 15 is 0 Å². The van der Waals surface area contributed by atoms with Gasteiger partial charge in [0.1, 0.15) is 46.0 Å². The molecule has 8 bridgehead atoms. The minimum atomic E-state index is -0.512. The number of nitrogens with zero attached hydrogens (tertiary/aromatic N) is 12. The summed E-state index contributed by atoms with van der Waals surface area (Å²) >= 11 is 4.87. The van der Waals surface area contributed by atoms with Gasteiger partial charge in [-0.1, -0.05) is 6.92 Å². The van der Waals surface area contributed by atoms with E-state index in [-0.39, 0.29) is 159 Å². The Morgan fingerprint density at radius 2 is 0.573 bits per heavy atom. The molecule has 0 aromatic carbocycles. The number of anilines is 4. The Morgan fingerprint density at radius 3 is 0.763 bits per heavy atom. The fourth-order valence-corrected chi connectivity index (χ4v) is 23.7. The van der Waals surface area contributed by atoms with Crippen LogP contribution < -0.4 is 42.5 Å². The van der Waals surface area contributed by atoms with Crippen LogP contribution in [0.15, 0.2) is 49.1 Å². The van der Waals surface area contributed by atoms with Crippen molar-refractivity contribution in [3.63, 3.8) is 0 Å². The lowest BCUT2D eigenvalue weighted by Crippen LogP contribution is -2.50. The van der Waals surface area contributed by atoms with Gasteiger partial charge in [-0.15, -0.1) is 45.3 Å². The molecule has 131 heavy (non-hydrogen) atoms. The van der Waals surface area contributed by atoms with Crippen molar-refractivity contribution < 1.29 is 58.8 Å². The minimum absolute atomic E-state index is 0.0854. The maximum atomic E-state index is 13.7. The molecule has 8 saturated heterocycles. The van der Waals surface area contributed by atoms with Crippen molar-refractivity contribution in [3.8, 4) is 41.8 Å². The number of aliphatic hydroxyl groups is 4. The standard InChI is InChI=1S/2C24H31N5O3S.C24H33N5O3S.C23H31N5O3S/c2*1-12(2)26-19-10-13(3)16(11-25-19)21-20(24(32)29-14-4-5-15(29)7-6-14)28-23(33-21)22(31)27-17-8-9-18(17)30;1-5-14(3)26-19-10-13(2)18(11-25-19)21-20(24(32)29-16-6-7-17(29)9-8-16)28-23(33-21)22(31)27-15(4)12-30;1-12(2)25-18-9-13(3)17(10-24-18)20-19(23(31)28-15-5-6-16(28)8-7-15)27-22(32-20)21(30)26-14(4)11-29/h2*10-12,14-15,17-18,30H,4-9H2,1-3H3,(H,25,26)(H,27,31);10-11,14-17,30H,5-9,12H2,1-4H3,(H,25,26)(H,27,31);9-10,12,14-16,29H,5-8,11H2,1-4H3,(H,24,25)(H,26,30)/t2*14?,15?,17-,18-;14-,15-,16?,17?;14-,15?,16?/m1011/s1. The lowest BCUT2D eigenvalue weighted by molar-refractivity contribution is 0.0447. The van der Waals surface area contributed by atoms with Crippen LogP contribution in [0.3, 0.4) is 0 Å². The molecule has 18 rings (SSSR count). The van der Waals surface area contributed by atoms with Crippen molar-refractivity contribution in [2.75, 3.05) is 34.5 Å². The molecule has 702 valence electrons. The van der Waals surface area contributed by atoms with Gasteiger partial charge in [-0.05, 0) is 271 Å². The molecule has 36 heteroatoms. The number of rotatable bonds is 27. The maximum Gasteiger partial charge on any atom is 0.280 e. The average molecular weight is 1870 g/mol. The molecule has 0 unspecified atom stereocenters. The SMILES string of the molecule is CC[C@@H](C)Nc1cc(C)c(-c2sc(C(=O)N[C@H](C)CO)nc2C(=O)N2C3CCC2CC3)cn1.Cc1cc(NC(C)C)ncc1-c1sc(C(=O)N[C@@H]2CC[C@H]2O)nc1C(=O)N1C2CCC1CC2.Cc1cc(NC(C)C)ncc1-c1sc(C(=O)N[C@H](C)CO)nc1C(=O)N1C2CCC1CC2.Cc1cc(NC(C)C)ncc1-c1sc(C(=O)N[C@H]2CC[C@@H]2O)nc1C(=O)N1C2CCC1CC2. The van der Waals surface area contributed by atoms with E-state index < -0.39 is 24.3 Å². The Morgan fingerprint density at radius 1 is 0.344 bits per heavy atom. The van der Waals surface area contributed by atoms with Gasteiger partial charge in [0, 0.05) is 132 Å². The van der Waals surface area contributed by atoms with Crippen molar-refractivity contribution in [1.29, 1.82) is 0 Å². The first-order chi connectivity index (χ1) is 62.7. The van der Waals surface area contributed by atoms with Crippen LogP contribution in [-0.2, 0) is 0 Å². The smallest absolute Gasteiger partial charge is 0.280 e. The molecule has 10 aliphatic rings. The van der Waals surface area contributed by atoms with Crippen LogP contribution in [0.4, 0.5) is 23.3 Å². The Labute approximate surface area is 781 Å². The summed E-state index contributed by atoms with van der Waals surface area (Å²) in [7, 11) is 0. The predicted molar refractivity (Wildman–Crippen MR) is 510 cm³/mol. The zero-order valence-corrected chi connectivity index (χ0v) is 80.6. The minimum Gasteiger partial charge on any atom is -0.394 e. The van der Waals surface area contributed by atoms with Crippen LogP contribution in [0.2, 0.25) is 0 Å². The number of aliphatic hydroxyl groups excluding tert-OH is 4. The summed E-state index contributed by atoms with van der Waals surface area (Å²) in [5.41, 5.74) is 8.45. The topological polar surface area (TPSA) is 430 Å². The normalized spacial score (nSPS) is 23.4. The molecule has 2 aliphatic carbocycles. The van der Waals surface area contributed by atoms with Gasteiger partial charge in [-0.3, -0.25) is 38.4 Å². The van der Waals surface area contributed by atoms with Crippen LogP contribution in [0.5, 0.6) is 0 Å². The summed E-state index contributed by atoms with van der Waals surface area (Å²) in [5, 5.41) is 63.7. The van der Waals surface area contributed by atoms with Crippen molar-refractivity contribution in [2.24, 2.45) is 0 Å². The lowest BCUT2D eigenvalue weighted by atomic mass is 9.89. The van der Waals surface area contributed by atoms with E-state index in [0.717, 1.165) is 190 Å². The molecule has 7 atom stereocenters. The number of nitrogens with one attached hydrogen (secondary N) is 8. The highest BCUT2D eigenvalue weighted by atomic mass is 32.1. The fourth-order valence-electron chi connectivity index (χ4n) is 19.6. The van der Waals surface area contributed by atoms with E-state index in [0.29, 0.717) is 61.2 Å². The highest BCUT2D eigenvalue weighted by Gasteiger charge is 2.49. The number of hydrogen-bond donors (Lipinski definition) is 12. The van der Waals surface area contributed by atoms with Gasteiger partial charge >= 0.3 is 0 Å². The Bertz CT molecular complexity index is 5310. The van der Waals surface area contributed by atoms with Crippen LogP contribution in [0.25, 0.3) is 41.8 Å². The van der Waals surface area contributed by atoms with Gasteiger partial charge in [-0.2, -0.15) is 0 Å². The molecule has 10 fully saturated rings. The van der Waals surface area contributed by atoms with E-state index in [9.17, 15) is 58.8 Å². The Hall–Kier alpha value is -10.1. The summed E-state index contributed by atoms with van der Waals surface area (Å²) in [6.07, 6.45) is 26.5. The molecule has 12 N–H and O–H groups in total. The predicted octanol–water partition coefficient (Wildman–Crippen LogP) is 13.5. The molecular formula is C95H126N20O12S4. The molecule has 0 spiro atoms. The van der Waals surface area contributed by atoms with Gasteiger partial charge in [0.2, 0.25) is 0 Å². The van der Waals surface area contributed by atoms with E-state index in [2.05, 4.69) is 124 Å². The van der Waals surface area contributed by atoms with E-state index in [1.807, 2.05) is 85.4 Å². The van der Waals surface area contributed by atoms with Crippen LogP contribution in [0, 0.1) is 27.7 Å². The van der Waals surface area contributed by atoms with Crippen molar-refractivity contribution in [3.05, 3.63) is 114 Å². The zero-order chi connectivity index (χ0) is 93.2. The lowest BCUT2D eigenvalue weighted by Gasteiger charge is -2.32. The van der Waals surface area contributed by atoms with Gasteiger partial charge in [0.25, 0.3) is 47.3 Å². The molecule has 8 aromatic rings. The van der Waals surface area contributed by atoms with Gasteiger partial charge in [-0.25, -0.2) is 39.9 Å². The summed E-state index contributed by atoms with van der Waals surface area (Å²) in [6, 6.07) is 9.82. The van der Waals surface area contributed by atoms with E-state index in [1.54, 1.807) is 38.6 Å². The van der Waals surface area contributed by atoms with Crippen LogP contribution in [0.1, 0.15) is 307 Å². The number of amides is 8. The third-order valence-electron chi connectivity index (χ3n) is 27.0. The van der Waals surface area contributed by atoms with Crippen molar-refractivity contribution in [1.82, 2.24) is 80.7 Å². The van der Waals surface area contributed by atoms with Crippen molar-refractivity contribution >= 4 is 116 Å². The van der Waals surface area contributed by atoms with Crippen LogP contribution in [-0.4, -0.2) is 249 Å². The van der Waals surface area contributed by atoms with Crippen LogP contribution >= 0.6 is 45.3 Å². The fraction of sp³-hybridized carbons (Fsp3) is 0.579. The van der Waals surface area contributed by atoms with Gasteiger partial charge in [0.05, 0.1) is 57.0 Å². The number of thiazole rings is 4. The molecule has 0 radical (unpaired) electrons. The summed E-state index contributed by atoms with van der Waals surface area (Å²) in [4.78, 5) is 153. The first-order valence-corrected chi connectivity index (χ1v) is 50.1. The molecule has 16 heterocycles. The third-order valence-corrected chi connectivity index (χ3v) is 31.3. The monoisotopic (exact) mass is 1870 g/mol. The first kappa shape index (κ1) is 95.5. The number of aryl methyl sites for hydroxylation is 4.